The van der Waals surface area contributed by atoms with Crippen molar-refractivity contribution >= 4 is 0 Å². The second-order valence-corrected chi connectivity index (χ2v) is 3.50. The van der Waals surface area contributed by atoms with Crippen molar-refractivity contribution in [1.82, 2.24) is 0 Å². The van der Waals surface area contributed by atoms with E-state index in [-0.39, 0.29) is 0 Å². The van der Waals surface area contributed by atoms with Crippen LogP contribution in [-0.2, 0) is 0 Å². The Morgan fingerprint density at radius 3 is 2.25 bits per heavy atom. The largest absolute Gasteiger partial charge is 0.0995 e. The van der Waals surface area contributed by atoms with E-state index in [4.69, 9.17) is 0 Å². The zero-order valence-corrected chi connectivity index (χ0v) is 8.82. The first-order chi connectivity index (χ1) is 5.70. The number of rotatable bonds is 6. The third kappa shape index (κ3) is 6.21. The molecule has 0 aliphatic carbocycles. The minimum absolute atomic E-state index is 1.08. The van der Waals surface area contributed by atoms with E-state index in [0.29, 0.717) is 0 Å². The molecule has 0 saturated heterocycles. The lowest BCUT2D eigenvalue weighted by Gasteiger charge is -2.01. The van der Waals surface area contributed by atoms with Gasteiger partial charge in [0.25, 0.3) is 0 Å². The van der Waals surface area contributed by atoms with E-state index >= 15 is 0 Å². The van der Waals surface area contributed by atoms with Crippen molar-refractivity contribution < 1.29 is 0 Å². The van der Waals surface area contributed by atoms with Crippen molar-refractivity contribution in [2.45, 2.75) is 52.9 Å². The summed E-state index contributed by atoms with van der Waals surface area (Å²) in [6, 6.07) is 0. The molecule has 0 amide bonds. The lowest BCUT2D eigenvalue weighted by Crippen LogP contribution is -1.80. The molecule has 0 unspecified atom stereocenters. The molecule has 0 aliphatic rings. The maximum atomic E-state index is 4.03. The molecule has 0 nitrogen and oxygen atoms in total. The van der Waals surface area contributed by atoms with Gasteiger partial charge in [0.2, 0.25) is 0 Å². The molecule has 0 heteroatoms. The van der Waals surface area contributed by atoms with Crippen LogP contribution in [0.15, 0.2) is 23.8 Å². The molecule has 0 radical (unpaired) electrons. The van der Waals surface area contributed by atoms with Crippen LogP contribution in [0.5, 0.6) is 0 Å². The van der Waals surface area contributed by atoms with E-state index < -0.39 is 0 Å². The van der Waals surface area contributed by atoms with E-state index in [1.807, 2.05) is 0 Å². The Labute approximate surface area is 77.4 Å². The molecule has 0 rings (SSSR count). The molecular weight excluding hydrogens is 144 g/mol. The van der Waals surface area contributed by atoms with Crippen LogP contribution >= 0.6 is 0 Å². The van der Waals surface area contributed by atoms with Crippen LogP contribution in [0.1, 0.15) is 52.9 Å². The zero-order chi connectivity index (χ0) is 9.40. The fourth-order valence-electron chi connectivity index (χ4n) is 1.27. The molecule has 70 valence electrons. The third-order valence-corrected chi connectivity index (χ3v) is 1.99. The normalized spacial score (nSPS) is 11.8. The van der Waals surface area contributed by atoms with Crippen LogP contribution in [-0.4, -0.2) is 0 Å². The van der Waals surface area contributed by atoms with Crippen LogP contribution < -0.4 is 0 Å². The molecule has 0 aromatic rings. The third-order valence-electron chi connectivity index (χ3n) is 1.99. The molecule has 0 spiro atoms. The molecule has 0 aromatic heterocycles. The Balaban J connectivity index is 3.63. The summed E-state index contributed by atoms with van der Waals surface area (Å²) < 4.78 is 0. The predicted molar refractivity (Wildman–Crippen MR) is 57.3 cm³/mol. The van der Waals surface area contributed by atoms with Crippen molar-refractivity contribution in [3.8, 4) is 0 Å². The van der Waals surface area contributed by atoms with Crippen LogP contribution in [0.4, 0.5) is 0 Å². The van der Waals surface area contributed by atoms with Gasteiger partial charge in [0.15, 0.2) is 0 Å². The molecule has 0 aromatic carbocycles. The summed E-state index contributed by atoms with van der Waals surface area (Å²) >= 11 is 0. The Morgan fingerprint density at radius 1 is 1.17 bits per heavy atom. The van der Waals surface area contributed by atoms with Crippen molar-refractivity contribution in [1.29, 1.82) is 0 Å². The molecular formula is C12H22. The minimum Gasteiger partial charge on any atom is -0.0995 e. The van der Waals surface area contributed by atoms with Crippen LogP contribution in [0.3, 0.4) is 0 Å². The van der Waals surface area contributed by atoms with Crippen LogP contribution in [0, 0.1) is 0 Å². The van der Waals surface area contributed by atoms with Crippen molar-refractivity contribution in [2.75, 3.05) is 0 Å². The minimum atomic E-state index is 1.08. The summed E-state index contributed by atoms with van der Waals surface area (Å²) in [5, 5.41) is 0. The highest BCUT2D eigenvalue weighted by atomic mass is 14.0. The molecule has 0 atom stereocenters. The second kappa shape index (κ2) is 7.15. The predicted octanol–water partition coefficient (Wildman–Crippen LogP) is 4.48. The topological polar surface area (TPSA) is 0 Å². The summed E-state index contributed by atoms with van der Waals surface area (Å²) in [6.45, 7) is 10.7. The molecule has 12 heavy (non-hydrogen) atoms. The van der Waals surface area contributed by atoms with Gasteiger partial charge in [-0.25, -0.2) is 0 Å². The fraction of sp³-hybridized carbons (Fsp3) is 0.667. The van der Waals surface area contributed by atoms with Gasteiger partial charge < -0.3 is 0 Å². The molecule has 0 saturated carbocycles. The SMILES string of the molecule is C=C(CC=C(C)CCC)CCC. The van der Waals surface area contributed by atoms with Gasteiger partial charge in [-0.2, -0.15) is 0 Å². The second-order valence-electron chi connectivity index (χ2n) is 3.50. The number of allylic oxidation sites excluding steroid dienone is 3. The summed E-state index contributed by atoms with van der Waals surface area (Å²) in [5.41, 5.74) is 2.88. The molecule has 0 fully saturated rings. The van der Waals surface area contributed by atoms with Gasteiger partial charge in [-0.3, -0.25) is 0 Å². The van der Waals surface area contributed by atoms with E-state index in [0.717, 1.165) is 6.42 Å². The van der Waals surface area contributed by atoms with Gasteiger partial charge in [0.1, 0.15) is 0 Å². The number of hydrogen-bond donors (Lipinski definition) is 0. The molecule has 0 N–H and O–H groups in total. The van der Waals surface area contributed by atoms with Crippen LogP contribution in [0.2, 0.25) is 0 Å². The quantitative estimate of drug-likeness (QED) is 0.510. The first kappa shape index (κ1) is 11.5. The summed E-state index contributed by atoms with van der Waals surface area (Å²) in [6.07, 6.45) is 8.29. The van der Waals surface area contributed by atoms with E-state index in [1.54, 1.807) is 0 Å². The van der Waals surface area contributed by atoms with Crippen LogP contribution in [0.25, 0.3) is 0 Å². The Hall–Kier alpha value is -0.520. The van der Waals surface area contributed by atoms with Gasteiger partial charge in [-0.15, -0.1) is 0 Å². The average molecular weight is 166 g/mol. The van der Waals surface area contributed by atoms with Gasteiger partial charge in [-0.05, 0) is 26.2 Å². The van der Waals surface area contributed by atoms with E-state index in [9.17, 15) is 0 Å². The number of hydrogen-bond acceptors (Lipinski definition) is 0. The maximum Gasteiger partial charge on any atom is -0.0139 e. The van der Waals surface area contributed by atoms with Crippen molar-refractivity contribution in [2.24, 2.45) is 0 Å². The maximum absolute atomic E-state index is 4.03. The van der Waals surface area contributed by atoms with Gasteiger partial charge >= 0.3 is 0 Å². The average Bonchev–Trinajstić information content (AvgIpc) is 2.02. The van der Waals surface area contributed by atoms with Crippen molar-refractivity contribution in [3.63, 3.8) is 0 Å². The van der Waals surface area contributed by atoms with E-state index in [1.165, 1.54) is 36.8 Å². The molecule has 0 bridgehead atoms. The highest BCUT2D eigenvalue weighted by molar-refractivity contribution is 5.07. The van der Waals surface area contributed by atoms with Gasteiger partial charge in [0.05, 0.1) is 0 Å². The summed E-state index contributed by atoms with van der Waals surface area (Å²) in [5.74, 6) is 0. The van der Waals surface area contributed by atoms with Crippen molar-refractivity contribution in [3.05, 3.63) is 23.8 Å². The Morgan fingerprint density at radius 2 is 1.75 bits per heavy atom. The Kier molecular flexibility index (Phi) is 6.84. The lowest BCUT2D eigenvalue weighted by atomic mass is 10.1. The zero-order valence-electron chi connectivity index (χ0n) is 8.82. The smallest absolute Gasteiger partial charge is 0.0139 e. The van der Waals surface area contributed by atoms with Gasteiger partial charge in [0, 0.05) is 0 Å². The first-order valence-electron chi connectivity index (χ1n) is 5.03. The fourth-order valence-corrected chi connectivity index (χ4v) is 1.27. The lowest BCUT2D eigenvalue weighted by molar-refractivity contribution is 0.866. The van der Waals surface area contributed by atoms with E-state index in [2.05, 4.69) is 33.4 Å². The highest BCUT2D eigenvalue weighted by Gasteiger charge is 1.91. The summed E-state index contributed by atoms with van der Waals surface area (Å²) in [7, 11) is 0. The highest BCUT2D eigenvalue weighted by Crippen LogP contribution is 2.11. The first-order valence-corrected chi connectivity index (χ1v) is 5.03. The molecule has 0 aliphatic heterocycles. The summed E-state index contributed by atoms with van der Waals surface area (Å²) in [4.78, 5) is 0. The monoisotopic (exact) mass is 166 g/mol. The van der Waals surface area contributed by atoms with Gasteiger partial charge in [-0.1, -0.05) is 50.5 Å². The Bertz CT molecular complexity index is 151. The standard InChI is InChI=1S/C12H22/c1-5-7-11(3)9-10-12(4)8-6-2/h10H,3,5-9H2,1-2,4H3. The molecule has 0 heterocycles.